The lowest BCUT2D eigenvalue weighted by molar-refractivity contribution is 0.0518. The smallest absolute Gasteiger partial charge is 0.356 e. The zero-order chi connectivity index (χ0) is 16.0. The van der Waals surface area contributed by atoms with E-state index >= 15 is 0 Å². The van der Waals surface area contributed by atoms with Crippen LogP contribution in [0, 0.1) is 0 Å². The Morgan fingerprint density at radius 1 is 1.48 bits per heavy atom. The van der Waals surface area contributed by atoms with Gasteiger partial charge >= 0.3 is 11.7 Å². The highest BCUT2D eigenvalue weighted by atomic mass is 16.5. The first-order valence-corrected chi connectivity index (χ1v) is 6.95. The Hall–Kier alpha value is -2.30. The van der Waals surface area contributed by atoms with Crippen LogP contribution in [0.4, 0.5) is 0 Å². The first kappa shape index (κ1) is 16.8. The summed E-state index contributed by atoms with van der Waals surface area (Å²) in [5, 5.41) is 0. The summed E-state index contributed by atoms with van der Waals surface area (Å²) in [5.74, 6) is -0.544. The number of esters is 1. The molecule has 1 heterocycles. The van der Waals surface area contributed by atoms with Crippen molar-refractivity contribution in [3.63, 3.8) is 0 Å². The summed E-state index contributed by atoms with van der Waals surface area (Å²) in [6, 6.07) is 0. The van der Waals surface area contributed by atoms with Crippen molar-refractivity contribution < 1.29 is 9.53 Å². The molecule has 0 radical (unpaired) electrons. The van der Waals surface area contributed by atoms with Gasteiger partial charge in [-0.1, -0.05) is 32.6 Å². The maximum atomic E-state index is 12.3. The molecule has 5 nitrogen and oxygen atoms in total. The van der Waals surface area contributed by atoms with E-state index in [1.165, 1.54) is 4.57 Å². The van der Waals surface area contributed by atoms with Crippen LogP contribution >= 0.6 is 0 Å². The van der Waals surface area contributed by atoms with Gasteiger partial charge in [0.1, 0.15) is 5.69 Å². The molecule has 0 aliphatic carbocycles. The van der Waals surface area contributed by atoms with Crippen LogP contribution in [0.1, 0.15) is 49.8 Å². The fraction of sp³-hybridized carbons (Fsp3) is 0.375. The van der Waals surface area contributed by atoms with E-state index < -0.39 is 5.97 Å². The third-order valence-corrected chi connectivity index (χ3v) is 2.84. The molecule has 0 bridgehead atoms. The van der Waals surface area contributed by atoms with Crippen molar-refractivity contribution in [2.24, 2.45) is 0 Å². The van der Waals surface area contributed by atoms with Crippen molar-refractivity contribution in [1.82, 2.24) is 9.55 Å². The number of hydrogen-bond acceptors (Lipinski definition) is 3. The maximum Gasteiger partial charge on any atom is 0.356 e. The number of hydrogen-bond donors (Lipinski definition) is 1. The van der Waals surface area contributed by atoms with Crippen molar-refractivity contribution in [3.8, 4) is 0 Å². The molecule has 0 aromatic carbocycles. The van der Waals surface area contributed by atoms with Gasteiger partial charge in [0.25, 0.3) is 0 Å². The molecule has 1 rings (SSSR count). The van der Waals surface area contributed by atoms with Gasteiger partial charge in [-0.3, -0.25) is 9.55 Å². The highest BCUT2D eigenvalue weighted by molar-refractivity contribution is 5.89. The minimum atomic E-state index is -0.518. The molecule has 0 spiro atoms. The molecule has 0 amide bonds. The quantitative estimate of drug-likeness (QED) is 0.647. The van der Waals surface area contributed by atoms with Crippen molar-refractivity contribution in [3.05, 3.63) is 52.8 Å². The number of allylic oxidation sites excluding steroid dienone is 5. The van der Waals surface area contributed by atoms with Crippen LogP contribution in [0.5, 0.6) is 0 Å². The molecule has 1 aromatic heterocycles. The summed E-state index contributed by atoms with van der Waals surface area (Å²) < 4.78 is 6.49. The van der Waals surface area contributed by atoms with E-state index in [1.807, 2.05) is 26.8 Å². The molecule has 0 aliphatic rings. The van der Waals surface area contributed by atoms with E-state index in [4.69, 9.17) is 4.74 Å². The zero-order valence-electron chi connectivity index (χ0n) is 13.0. The largest absolute Gasteiger partial charge is 0.461 e. The van der Waals surface area contributed by atoms with Gasteiger partial charge in [0.15, 0.2) is 0 Å². The predicted octanol–water partition coefficient (Wildman–Crippen LogP) is 3.08. The number of ether oxygens (including phenoxy) is 1. The van der Waals surface area contributed by atoms with E-state index in [0.29, 0.717) is 11.4 Å². The van der Waals surface area contributed by atoms with Gasteiger partial charge in [-0.25, -0.2) is 9.59 Å². The monoisotopic (exact) mass is 290 g/mol. The summed E-state index contributed by atoms with van der Waals surface area (Å²) in [7, 11) is 0. The molecule has 5 heteroatoms. The van der Waals surface area contributed by atoms with Crippen LogP contribution in [-0.4, -0.2) is 22.1 Å². The van der Waals surface area contributed by atoms with Gasteiger partial charge in [0.2, 0.25) is 0 Å². The molecule has 0 saturated carbocycles. The normalized spacial score (nSPS) is 12.1. The summed E-state index contributed by atoms with van der Waals surface area (Å²) in [4.78, 5) is 26.9. The van der Waals surface area contributed by atoms with Gasteiger partial charge in [-0.05, 0) is 31.9 Å². The number of H-pyrrole nitrogens is 1. The lowest BCUT2D eigenvalue weighted by Crippen LogP contribution is -2.18. The molecular formula is C16H22N2O3. The average molecular weight is 290 g/mol. The number of nitrogens with one attached hydrogen (secondary N) is 1. The maximum absolute atomic E-state index is 12.3. The lowest BCUT2D eigenvalue weighted by atomic mass is 10.1. The summed E-state index contributed by atoms with van der Waals surface area (Å²) >= 11 is 0. The Bertz CT molecular complexity index is 630. The van der Waals surface area contributed by atoms with Gasteiger partial charge < -0.3 is 4.74 Å². The molecule has 1 aromatic rings. The summed E-state index contributed by atoms with van der Waals surface area (Å²) in [6.45, 7) is 11.3. The van der Waals surface area contributed by atoms with Gasteiger partial charge in [-0.2, -0.15) is 0 Å². The van der Waals surface area contributed by atoms with Crippen LogP contribution in [0.2, 0.25) is 0 Å². The van der Waals surface area contributed by atoms with E-state index in [1.54, 1.807) is 25.2 Å². The highest BCUT2D eigenvalue weighted by Gasteiger charge is 2.24. The molecule has 1 N–H and O–H groups in total. The van der Waals surface area contributed by atoms with Crippen LogP contribution in [0.15, 0.2) is 35.7 Å². The Morgan fingerprint density at radius 2 is 2.14 bits per heavy atom. The van der Waals surface area contributed by atoms with Crippen LogP contribution in [0.25, 0.3) is 5.70 Å². The predicted molar refractivity (Wildman–Crippen MR) is 84.4 cm³/mol. The second-order valence-corrected chi connectivity index (χ2v) is 4.73. The molecule has 0 unspecified atom stereocenters. The minimum Gasteiger partial charge on any atom is -0.461 e. The molecule has 0 aliphatic heterocycles. The fourth-order valence-corrected chi connectivity index (χ4v) is 2.11. The minimum absolute atomic E-state index is 0.0261. The first-order chi connectivity index (χ1) is 9.97. The second kappa shape index (κ2) is 7.47. The molecule has 0 saturated heterocycles. The molecule has 21 heavy (non-hydrogen) atoms. The van der Waals surface area contributed by atoms with Crippen molar-refractivity contribution in [2.75, 3.05) is 6.61 Å². The number of aromatic amines is 1. The Balaban J connectivity index is 3.59. The van der Waals surface area contributed by atoms with E-state index in [0.717, 1.165) is 0 Å². The van der Waals surface area contributed by atoms with E-state index in [2.05, 4.69) is 11.6 Å². The Labute approximate surface area is 124 Å². The van der Waals surface area contributed by atoms with Gasteiger partial charge in [0, 0.05) is 0 Å². The van der Waals surface area contributed by atoms with E-state index in [9.17, 15) is 9.59 Å². The number of aromatic nitrogens is 2. The SMILES string of the molecule is C=C/C=C(\C=C/C)n1c(C(C)C)c(C(=O)OCC)[nH]c1=O. The fourth-order valence-electron chi connectivity index (χ4n) is 2.11. The molecule has 114 valence electrons. The average Bonchev–Trinajstić information content (AvgIpc) is 2.76. The molecule has 0 fully saturated rings. The van der Waals surface area contributed by atoms with Crippen LogP contribution in [-0.2, 0) is 4.74 Å². The van der Waals surface area contributed by atoms with E-state index in [-0.39, 0.29) is 23.9 Å². The second-order valence-electron chi connectivity index (χ2n) is 4.73. The van der Waals surface area contributed by atoms with Crippen LogP contribution < -0.4 is 5.69 Å². The van der Waals surface area contributed by atoms with Crippen molar-refractivity contribution in [2.45, 2.75) is 33.6 Å². The number of imidazole rings is 1. The van der Waals surface area contributed by atoms with Gasteiger partial charge in [0.05, 0.1) is 18.0 Å². The highest BCUT2D eigenvalue weighted by Crippen LogP contribution is 2.21. The summed E-state index contributed by atoms with van der Waals surface area (Å²) in [6.07, 6.45) is 6.93. The van der Waals surface area contributed by atoms with Crippen molar-refractivity contribution >= 4 is 11.7 Å². The summed E-state index contributed by atoms with van der Waals surface area (Å²) in [5.41, 5.74) is 1.09. The third kappa shape index (κ3) is 3.62. The Kier molecular flexibility index (Phi) is 5.96. The number of nitrogens with zero attached hydrogens (tertiary/aromatic N) is 1. The van der Waals surface area contributed by atoms with Crippen molar-refractivity contribution in [1.29, 1.82) is 0 Å². The first-order valence-electron chi connectivity index (χ1n) is 6.95. The number of carbonyl (C=O) groups excluding carboxylic acids is 1. The number of rotatable bonds is 6. The standard InChI is InChI=1S/C16H22N2O3/c1-6-9-12(10-7-2)18-14(11(4)5)13(17-16(18)20)15(19)21-8-3/h6-7,9-11H,1,8H2,2-5H3,(H,17,20)/b10-7-,12-9+. The third-order valence-electron chi connectivity index (χ3n) is 2.84. The van der Waals surface area contributed by atoms with Crippen LogP contribution in [0.3, 0.4) is 0 Å². The van der Waals surface area contributed by atoms with Gasteiger partial charge in [-0.15, -0.1) is 0 Å². The topological polar surface area (TPSA) is 64.1 Å². The molecule has 0 atom stereocenters. The number of carbonyl (C=O) groups is 1. The Morgan fingerprint density at radius 3 is 2.62 bits per heavy atom. The molecular weight excluding hydrogens is 268 g/mol. The lowest BCUT2D eigenvalue weighted by Gasteiger charge is -2.12. The zero-order valence-corrected chi connectivity index (χ0v) is 13.0.